The molecule has 0 fully saturated rings. The Morgan fingerprint density at radius 1 is 1.09 bits per heavy atom. The lowest BCUT2D eigenvalue weighted by Gasteiger charge is -2.23. The zero-order chi connectivity index (χ0) is 25.1. The van der Waals surface area contributed by atoms with E-state index in [0.29, 0.717) is 27.0 Å². The highest BCUT2D eigenvalue weighted by molar-refractivity contribution is 6.35. The van der Waals surface area contributed by atoms with E-state index in [2.05, 4.69) is 25.9 Å². The van der Waals surface area contributed by atoms with Gasteiger partial charge in [0.2, 0.25) is 17.8 Å². The number of nitrogens with zero attached hydrogens (tertiary/aromatic N) is 1. The van der Waals surface area contributed by atoms with Gasteiger partial charge in [0.1, 0.15) is 5.82 Å². The van der Waals surface area contributed by atoms with Crippen molar-refractivity contribution in [3.8, 4) is 0 Å². The maximum atomic E-state index is 13.0. The number of carbonyl (C=O) groups is 3. The molecule has 12 heteroatoms. The molecular formula is C23H19Cl2N5O5. The molecule has 0 saturated heterocycles. The Bertz CT molecular complexity index is 1350. The molecule has 180 valence electrons. The number of aromatic amines is 1. The van der Waals surface area contributed by atoms with Crippen LogP contribution in [0.4, 0.5) is 23.1 Å². The van der Waals surface area contributed by atoms with Gasteiger partial charge in [0.15, 0.2) is 0 Å². The minimum Gasteiger partial charge on any atom is -0.462 e. The van der Waals surface area contributed by atoms with Crippen LogP contribution in [-0.4, -0.2) is 34.4 Å². The summed E-state index contributed by atoms with van der Waals surface area (Å²) in [5, 5.41) is 8.83. The summed E-state index contributed by atoms with van der Waals surface area (Å²) in [7, 11) is 0. The van der Waals surface area contributed by atoms with Crippen molar-refractivity contribution >= 4 is 64.1 Å². The number of H-pyrrole nitrogens is 1. The molecular weight excluding hydrogens is 497 g/mol. The van der Waals surface area contributed by atoms with E-state index in [1.54, 1.807) is 25.1 Å². The Morgan fingerprint density at radius 3 is 2.43 bits per heavy atom. The van der Waals surface area contributed by atoms with Crippen LogP contribution in [-0.2, 0) is 14.3 Å². The van der Waals surface area contributed by atoms with Crippen LogP contribution in [0.2, 0.25) is 10.0 Å². The van der Waals surface area contributed by atoms with E-state index in [9.17, 15) is 19.2 Å². The summed E-state index contributed by atoms with van der Waals surface area (Å²) in [5.41, 5.74) is 0.613. The van der Waals surface area contributed by atoms with Crippen molar-refractivity contribution in [3.05, 3.63) is 74.0 Å². The third kappa shape index (κ3) is 5.61. The number of rotatable bonds is 6. The summed E-state index contributed by atoms with van der Waals surface area (Å²) in [6.45, 7) is 1.94. The molecule has 0 bridgehead atoms. The van der Waals surface area contributed by atoms with Crippen LogP contribution in [0, 0.1) is 0 Å². The SMILES string of the molecule is CCOC(=O)c1ccc(NC(=O)[C@@H]2CC(=O)Nc3nc(Nc4cc(Cl)cc(Cl)c4)[nH]c(=O)c32)cc1. The second-order valence-corrected chi connectivity index (χ2v) is 8.42. The van der Waals surface area contributed by atoms with Crippen LogP contribution >= 0.6 is 23.2 Å². The average Bonchev–Trinajstić information content (AvgIpc) is 2.78. The molecule has 1 aromatic heterocycles. The van der Waals surface area contributed by atoms with Gasteiger partial charge >= 0.3 is 5.97 Å². The molecule has 0 aliphatic carbocycles. The summed E-state index contributed by atoms with van der Waals surface area (Å²) in [6.07, 6.45) is -0.235. The van der Waals surface area contributed by atoms with Crippen LogP contribution in [0.15, 0.2) is 47.3 Å². The standard InChI is InChI=1S/C23H19Cl2N5O5/c1-2-35-22(34)11-3-5-14(6-4-11)26-20(32)16-10-17(31)28-19-18(16)21(33)30-23(29-19)27-15-8-12(24)7-13(25)9-15/h3-9,16H,2,10H2,1H3,(H,26,32)(H3,27,28,29,30,31,33)/t16-/m1/s1. The Balaban J connectivity index is 1.57. The molecule has 0 radical (unpaired) electrons. The largest absolute Gasteiger partial charge is 0.462 e. The van der Waals surface area contributed by atoms with Crippen molar-refractivity contribution in [1.82, 2.24) is 9.97 Å². The molecule has 0 spiro atoms. The lowest BCUT2D eigenvalue weighted by atomic mass is 9.92. The Labute approximate surface area is 209 Å². The summed E-state index contributed by atoms with van der Waals surface area (Å²) >= 11 is 12.0. The fraction of sp³-hybridized carbons (Fsp3) is 0.174. The Morgan fingerprint density at radius 2 is 1.77 bits per heavy atom. The quantitative estimate of drug-likeness (QED) is 0.362. The number of hydrogen-bond acceptors (Lipinski definition) is 7. The first-order chi connectivity index (χ1) is 16.7. The first kappa shape index (κ1) is 24.2. The molecule has 1 aliphatic rings. The summed E-state index contributed by atoms with van der Waals surface area (Å²) in [6, 6.07) is 10.8. The smallest absolute Gasteiger partial charge is 0.338 e. The number of esters is 1. The van der Waals surface area contributed by atoms with E-state index in [1.807, 2.05) is 0 Å². The minimum absolute atomic E-state index is 0.0277. The summed E-state index contributed by atoms with van der Waals surface area (Å²) < 4.78 is 4.93. The summed E-state index contributed by atoms with van der Waals surface area (Å²) in [4.78, 5) is 56.8. The van der Waals surface area contributed by atoms with Gasteiger partial charge < -0.3 is 20.7 Å². The molecule has 0 unspecified atom stereocenters. The van der Waals surface area contributed by atoms with E-state index in [0.717, 1.165) is 0 Å². The van der Waals surface area contributed by atoms with Crippen molar-refractivity contribution in [1.29, 1.82) is 0 Å². The lowest BCUT2D eigenvalue weighted by Crippen LogP contribution is -2.36. The Hall–Kier alpha value is -3.89. The molecule has 4 N–H and O–H groups in total. The van der Waals surface area contributed by atoms with Crippen LogP contribution in [0.5, 0.6) is 0 Å². The van der Waals surface area contributed by atoms with Crippen molar-refractivity contribution in [2.75, 3.05) is 22.6 Å². The molecule has 2 amide bonds. The topological polar surface area (TPSA) is 142 Å². The monoisotopic (exact) mass is 515 g/mol. The van der Waals surface area contributed by atoms with Gasteiger partial charge in [-0.3, -0.25) is 19.4 Å². The number of hydrogen-bond donors (Lipinski definition) is 4. The van der Waals surface area contributed by atoms with Gasteiger partial charge in [-0.15, -0.1) is 0 Å². The van der Waals surface area contributed by atoms with Crippen LogP contribution in [0.1, 0.15) is 35.2 Å². The number of amides is 2. The van der Waals surface area contributed by atoms with E-state index in [4.69, 9.17) is 27.9 Å². The molecule has 1 aliphatic heterocycles. The molecule has 10 nitrogen and oxygen atoms in total. The van der Waals surface area contributed by atoms with E-state index in [1.165, 1.54) is 24.3 Å². The number of anilines is 4. The predicted octanol–water partition coefficient (Wildman–Crippen LogP) is 4.06. The van der Waals surface area contributed by atoms with Gasteiger partial charge in [0.05, 0.1) is 23.7 Å². The molecule has 2 heterocycles. The number of halogens is 2. The maximum absolute atomic E-state index is 13.0. The van der Waals surface area contributed by atoms with Gasteiger partial charge in [0.25, 0.3) is 5.56 Å². The fourth-order valence-electron chi connectivity index (χ4n) is 3.55. The average molecular weight is 516 g/mol. The highest BCUT2D eigenvalue weighted by Crippen LogP contribution is 2.31. The zero-order valence-electron chi connectivity index (χ0n) is 18.3. The second-order valence-electron chi connectivity index (χ2n) is 7.55. The number of nitrogens with one attached hydrogen (secondary N) is 4. The second kappa shape index (κ2) is 10.2. The molecule has 4 rings (SSSR count). The minimum atomic E-state index is -1.07. The van der Waals surface area contributed by atoms with E-state index >= 15 is 0 Å². The summed E-state index contributed by atoms with van der Waals surface area (Å²) in [5.74, 6) is -2.59. The van der Waals surface area contributed by atoms with Crippen molar-refractivity contribution in [2.24, 2.45) is 0 Å². The highest BCUT2D eigenvalue weighted by Gasteiger charge is 2.34. The number of carbonyl (C=O) groups excluding carboxylic acids is 3. The van der Waals surface area contributed by atoms with Crippen molar-refractivity contribution < 1.29 is 19.1 Å². The number of ether oxygens (including phenoxy) is 1. The van der Waals surface area contributed by atoms with Crippen LogP contribution < -0.4 is 21.5 Å². The predicted molar refractivity (Wildman–Crippen MR) is 132 cm³/mol. The van der Waals surface area contributed by atoms with Crippen LogP contribution in [0.25, 0.3) is 0 Å². The Kier molecular flexibility index (Phi) is 7.04. The zero-order valence-corrected chi connectivity index (χ0v) is 19.8. The number of fused-ring (bicyclic) bond motifs is 1. The highest BCUT2D eigenvalue weighted by atomic mass is 35.5. The van der Waals surface area contributed by atoms with Crippen molar-refractivity contribution in [2.45, 2.75) is 19.3 Å². The van der Waals surface area contributed by atoms with E-state index < -0.39 is 29.3 Å². The number of benzene rings is 2. The number of aromatic nitrogens is 2. The van der Waals surface area contributed by atoms with Crippen LogP contribution in [0.3, 0.4) is 0 Å². The first-order valence-corrected chi connectivity index (χ1v) is 11.2. The van der Waals surface area contributed by atoms with Gasteiger partial charge in [0, 0.05) is 27.8 Å². The maximum Gasteiger partial charge on any atom is 0.338 e. The molecule has 2 aromatic carbocycles. The molecule has 3 aromatic rings. The molecule has 0 saturated carbocycles. The first-order valence-electron chi connectivity index (χ1n) is 10.5. The third-order valence-corrected chi connectivity index (χ3v) is 5.49. The van der Waals surface area contributed by atoms with Gasteiger partial charge in [-0.05, 0) is 49.4 Å². The molecule has 1 atom stereocenters. The fourth-order valence-corrected chi connectivity index (χ4v) is 4.08. The third-order valence-electron chi connectivity index (χ3n) is 5.06. The van der Waals surface area contributed by atoms with E-state index in [-0.39, 0.29) is 30.4 Å². The van der Waals surface area contributed by atoms with Crippen molar-refractivity contribution in [3.63, 3.8) is 0 Å². The lowest BCUT2D eigenvalue weighted by molar-refractivity contribution is -0.123. The van der Waals surface area contributed by atoms with Gasteiger partial charge in [-0.1, -0.05) is 23.2 Å². The normalized spacial score (nSPS) is 14.5. The van der Waals surface area contributed by atoms with Gasteiger partial charge in [-0.2, -0.15) is 4.98 Å². The molecule has 35 heavy (non-hydrogen) atoms. The van der Waals surface area contributed by atoms with Gasteiger partial charge in [-0.25, -0.2) is 4.79 Å².